The van der Waals surface area contributed by atoms with E-state index in [2.05, 4.69) is 4.98 Å². The van der Waals surface area contributed by atoms with Gasteiger partial charge in [0.1, 0.15) is 11.1 Å². The van der Waals surface area contributed by atoms with Gasteiger partial charge in [-0.05, 0) is 6.07 Å². The van der Waals surface area contributed by atoms with Crippen molar-refractivity contribution in [3.63, 3.8) is 0 Å². The average molecular weight is 238 g/mol. The second-order valence-corrected chi connectivity index (χ2v) is 4.12. The molecule has 1 aliphatic heterocycles. The smallest absolute Gasteiger partial charge is 0.214 e. The molecule has 2 heterocycles. The number of hydrogen-bond donors (Lipinski definition) is 1. The summed E-state index contributed by atoms with van der Waals surface area (Å²) in [5, 5.41) is 0. The minimum Gasteiger partial charge on any atom is -0.474 e. The average Bonchev–Trinajstić information content (AvgIpc) is 2.30. The monoisotopic (exact) mass is 238 g/mol. The first kappa shape index (κ1) is 11.3. The fourth-order valence-corrected chi connectivity index (χ4v) is 1.72. The van der Waals surface area contributed by atoms with Gasteiger partial charge in [0.15, 0.2) is 0 Å². The molecule has 4 nitrogen and oxygen atoms in total. The first-order valence-electron chi connectivity index (χ1n) is 5.26. The number of aromatic nitrogens is 1. The molecule has 1 aliphatic rings. The summed E-state index contributed by atoms with van der Waals surface area (Å²) in [6.07, 6.45) is 3.64. The van der Waals surface area contributed by atoms with E-state index >= 15 is 0 Å². The van der Waals surface area contributed by atoms with Gasteiger partial charge in [0.05, 0.1) is 13.2 Å². The van der Waals surface area contributed by atoms with Crippen LogP contribution in [0.1, 0.15) is 18.4 Å². The summed E-state index contributed by atoms with van der Waals surface area (Å²) < 4.78 is 11.0. The maximum Gasteiger partial charge on any atom is 0.214 e. The number of thiocarbonyl (C=S) groups is 1. The molecule has 0 aromatic carbocycles. The van der Waals surface area contributed by atoms with Crippen molar-refractivity contribution in [1.82, 2.24) is 4.98 Å². The van der Waals surface area contributed by atoms with Gasteiger partial charge in [-0.3, -0.25) is 0 Å². The molecule has 0 spiro atoms. The van der Waals surface area contributed by atoms with E-state index < -0.39 is 0 Å². The summed E-state index contributed by atoms with van der Waals surface area (Å²) in [5.74, 6) is 0.581. The van der Waals surface area contributed by atoms with Crippen LogP contribution in [-0.2, 0) is 4.74 Å². The Labute approximate surface area is 99.8 Å². The van der Waals surface area contributed by atoms with E-state index in [1.165, 1.54) is 0 Å². The third-order valence-electron chi connectivity index (χ3n) is 2.48. The molecule has 86 valence electrons. The van der Waals surface area contributed by atoms with Crippen LogP contribution in [0.5, 0.6) is 5.88 Å². The van der Waals surface area contributed by atoms with Crippen molar-refractivity contribution in [2.24, 2.45) is 5.73 Å². The SMILES string of the molecule is NC(=S)c1ccnc(OC2CCOCC2)c1. The maximum absolute atomic E-state index is 5.74. The molecule has 0 radical (unpaired) electrons. The van der Waals surface area contributed by atoms with Gasteiger partial charge in [0.25, 0.3) is 0 Å². The minimum absolute atomic E-state index is 0.183. The Hall–Kier alpha value is -1.20. The summed E-state index contributed by atoms with van der Waals surface area (Å²) in [5.41, 5.74) is 6.33. The zero-order valence-corrected chi connectivity index (χ0v) is 9.70. The van der Waals surface area contributed by atoms with Crippen LogP contribution in [0, 0.1) is 0 Å². The molecule has 0 bridgehead atoms. The molecule has 2 rings (SSSR count). The molecule has 1 aromatic rings. The number of nitrogens with zero attached hydrogens (tertiary/aromatic N) is 1. The summed E-state index contributed by atoms with van der Waals surface area (Å²) in [6, 6.07) is 3.55. The van der Waals surface area contributed by atoms with Crippen molar-refractivity contribution in [3.05, 3.63) is 23.9 Å². The van der Waals surface area contributed by atoms with E-state index in [0.717, 1.165) is 31.6 Å². The van der Waals surface area contributed by atoms with E-state index in [0.29, 0.717) is 10.9 Å². The van der Waals surface area contributed by atoms with E-state index in [4.69, 9.17) is 27.4 Å². The molecule has 2 N–H and O–H groups in total. The van der Waals surface area contributed by atoms with Crippen molar-refractivity contribution in [2.45, 2.75) is 18.9 Å². The Balaban J connectivity index is 2.02. The topological polar surface area (TPSA) is 57.4 Å². The molecule has 16 heavy (non-hydrogen) atoms. The molecule has 5 heteroatoms. The van der Waals surface area contributed by atoms with Crippen molar-refractivity contribution >= 4 is 17.2 Å². The van der Waals surface area contributed by atoms with E-state index in [1.807, 2.05) is 0 Å². The molecule has 1 aromatic heterocycles. The van der Waals surface area contributed by atoms with Crippen LogP contribution in [0.4, 0.5) is 0 Å². The summed E-state index contributed by atoms with van der Waals surface area (Å²) in [6.45, 7) is 1.50. The highest BCUT2D eigenvalue weighted by atomic mass is 32.1. The fraction of sp³-hybridized carbons (Fsp3) is 0.455. The standard InChI is InChI=1S/C11H14N2O2S/c12-11(16)8-1-4-13-10(7-8)15-9-2-5-14-6-3-9/h1,4,7,9H,2-3,5-6H2,(H2,12,16). The maximum atomic E-state index is 5.74. The van der Waals surface area contributed by atoms with E-state index in [9.17, 15) is 0 Å². The van der Waals surface area contributed by atoms with Crippen LogP contribution in [-0.4, -0.2) is 29.3 Å². The lowest BCUT2D eigenvalue weighted by atomic mass is 10.1. The summed E-state index contributed by atoms with van der Waals surface area (Å²) in [7, 11) is 0. The molecule has 1 fully saturated rings. The van der Waals surface area contributed by atoms with Gasteiger partial charge < -0.3 is 15.2 Å². The van der Waals surface area contributed by atoms with Crippen LogP contribution in [0.2, 0.25) is 0 Å². The molecular formula is C11H14N2O2S. The lowest BCUT2D eigenvalue weighted by Gasteiger charge is -2.22. The van der Waals surface area contributed by atoms with Crippen molar-refractivity contribution < 1.29 is 9.47 Å². The number of rotatable bonds is 3. The molecule has 0 unspecified atom stereocenters. The fourth-order valence-electron chi connectivity index (χ4n) is 1.59. The highest BCUT2D eigenvalue weighted by Gasteiger charge is 2.15. The third kappa shape index (κ3) is 2.90. The highest BCUT2D eigenvalue weighted by Crippen LogP contribution is 2.16. The van der Waals surface area contributed by atoms with Gasteiger partial charge in [-0.25, -0.2) is 4.98 Å². The largest absolute Gasteiger partial charge is 0.474 e. The van der Waals surface area contributed by atoms with Crippen LogP contribution >= 0.6 is 12.2 Å². The van der Waals surface area contributed by atoms with Gasteiger partial charge in [0.2, 0.25) is 5.88 Å². The predicted molar refractivity (Wildman–Crippen MR) is 64.6 cm³/mol. The van der Waals surface area contributed by atoms with Gasteiger partial charge in [-0.2, -0.15) is 0 Å². The number of hydrogen-bond acceptors (Lipinski definition) is 4. The van der Waals surface area contributed by atoms with Crippen LogP contribution < -0.4 is 10.5 Å². The van der Waals surface area contributed by atoms with Gasteiger partial charge >= 0.3 is 0 Å². The molecule has 0 saturated carbocycles. The molecule has 1 saturated heterocycles. The number of pyridine rings is 1. The Morgan fingerprint density at radius 3 is 2.94 bits per heavy atom. The zero-order chi connectivity index (χ0) is 11.4. The third-order valence-corrected chi connectivity index (χ3v) is 2.71. The van der Waals surface area contributed by atoms with Crippen molar-refractivity contribution in [1.29, 1.82) is 0 Å². The Morgan fingerprint density at radius 1 is 1.50 bits per heavy atom. The molecule has 0 aliphatic carbocycles. The summed E-state index contributed by atoms with van der Waals surface area (Å²) >= 11 is 4.90. The Morgan fingerprint density at radius 2 is 2.25 bits per heavy atom. The van der Waals surface area contributed by atoms with Crippen LogP contribution in [0.25, 0.3) is 0 Å². The van der Waals surface area contributed by atoms with E-state index in [-0.39, 0.29) is 6.10 Å². The van der Waals surface area contributed by atoms with E-state index in [1.54, 1.807) is 18.3 Å². The quantitative estimate of drug-likeness (QED) is 0.804. The molecular weight excluding hydrogens is 224 g/mol. The Bertz CT molecular complexity index is 378. The van der Waals surface area contributed by atoms with Gasteiger partial charge in [-0.1, -0.05) is 12.2 Å². The Kier molecular flexibility index (Phi) is 3.69. The molecule has 0 amide bonds. The minimum atomic E-state index is 0.183. The first-order chi connectivity index (χ1) is 7.75. The van der Waals surface area contributed by atoms with Gasteiger partial charge in [-0.15, -0.1) is 0 Å². The lowest BCUT2D eigenvalue weighted by Crippen LogP contribution is -2.26. The van der Waals surface area contributed by atoms with Gasteiger partial charge in [0, 0.05) is 30.7 Å². The number of ether oxygens (including phenoxy) is 2. The number of nitrogens with two attached hydrogens (primary N) is 1. The van der Waals surface area contributed by atoms with Crippen molar-refractivity contribution in [2.75, 3.05) is 13.2 Å². The highest BCUT2D eigenvalue weighted by molar-refractivity contribution is 7.80. The zero-order valence-electron chi connectivity index (χ0n) is 8.89. The van der Waals surface area contributed by atoms with Crippen LogP contribution in [0.15, 0.2) is 18.3 Å². The molecule has 0 atom stereocenters. The first-order valence-corrected chi connectivity index (χ1v) is 5.67. The summed E-state index contributed by atoms with van der Waals surface area (Å²) in [4.78, 5) is 4.50. The normalized spacial score (nSPS) is 17.0. The second kappa shape index (κ2) is 5.23. The second-order valence-electron chi connectivity index (χ2n) is 3.68. The lowest BCUT2D eigenvalue weighted by molar-refractivity contribution is 0.0237. The van der Waals surface area contributed by atoms with Crippen LogP contribution in [0.3, 0.4) is 0 Å². The predicted octanol–water partition coefficient (Wildman–Crippen LogP) is 1.27. The van der Waals surface area contributed by atoms with Crippen molar-refractivity contribution in [3.8, 4) is 5.88 Å².